The standard InChI is InChI=1S/C15H17ClN6O2/c1-22(2)15(24)21-10-3-4-12(16)11(5-10)14(23)19-7-9-6-18-8-20-13(9)17/h3-6,8H,7H2,1-2H3,(H,19,23)(H,21,24)(H2,17,18,20). The van der Waals surface area contributed by atoms with Crippen molar-refractivity contribution in [1.82, 2.24) is 20.2 Å². The molecule has 2 aromatic rings. The van der Waals surface area contributed by atoms with Gasteiger partial charge in [0.15, 0.2) is 0 Å². The lowest BCUT2D eigenvalue weighted by molar-refractivity contribution is 0.0951. The number of anilines is 2. The summed E-state index contributed by atoms with van der Waals surface area (Å²) in [6, 6.07) is 4.35. The van der Waals surface area contributed by atoms with Gasteiger partial charge in [0.2, 0.25) is 0 Å². The predicted molar refractivity (Wildman–Crippen MR) is 91.8 cm³/mol. The minimum Gasteiger partial charge on any atom is -0.383 e. The number of urea groups is 1. The molecule has 0 atom stereocenters. The van der Waals surface area contributed by atoms with Crippen LogP contribution >= 0.6 is 11.6 Å². The Morgan fingerprint density at radius 2 is 2.08 bits per heavy atom. The lowest BCUT2D eigenvalue weighted by Crippen LogP contribution is -2.28. The summed E-state index contributed by atoms with van der Waals surface area (Å²) in [5.74, 6) is -0.104. The van der Waals surface area contributed by atoms with Gasteiger partial charge in [0.1, 0.15) is 12.1 Å². The number of nitrogens with two attached hydrogens (primary N) is 1. The molecule has 0 aliphatic heterocycles. The SMILES string of the molecule is CN(C)C(=O)Nc1ccc(Cl)c(C(=O)NCc2cncnc2N)c1. The fraction of sp³-hybridized carbons (Fsp3) is 0.200. The van der Waals surface area contributed by atoms with E-state index in [1.165, 1.54) is 23.5 Å². The predicted octanol–water partition coefficient (Wildman–Crippen LogP) is 1.74. The topological polar surface area (TPSA) is 113 Å². The van der Waals surface area contributed by atoms with E-state index in [1.807, 2.05) is 0 Å². The van der Waals surface area contributed by atoms with Crippen LogP contribution < -0.4 is 16.4 Å². The zero-order chi connectivity index (χ0) is 17.7. The summed E-state index contributed by atoms with van der Waals surface area (Å²) in [5.41, 5.74) is 7.00. The number of amides is 3. The molecule has 9 heteroatoms. The van der Waals surface area contributed by atoms with Crippen LogP contribution in [0.15, 0.2) is 30.7 Å². The molecule has 0 saturated carbocycles. The highest BCUT2D eigenvalue weighted by atomic mass is 35.5. The van der Waals surface area contributed by atoms with Crippen molar-refractivity contribution < 1.29 is 9.59 Å². The maximum atomic E-state index is 12.3. The van der Waals surface area contributed by atoms with E-state index in [4.69, 9.17) is 17.3 Å². The minimum absolute atomic E-state index is 0.163. The van der Waals surface area contributed by atoms with E-state index in [-0.39, 0.29) is 23.2 Å². The quantitative estimate of drug-likeness (QED) is 0.778. The number of hydrogen-bond acceptors (Lipinski definition) is 5. The summed E-state index contributed by atoms with van der Waals surface area (Å²) < 4.78 is 0. The van der Waals surface area contributed by atoms with E-state index in [2.05, 4.69) is 20.6 Å². The third kappa shape index (κ3) is 4.32. The number of halogens is 1. The van der Waals surface area contributed by atoms with Crippen LogP contribution in [-0.2, 0) is 6.54 Å². The Bertz CT molecular complexity index is 765. The maximum absolute atomic E-state index is 12.3. The average molecular weight is 349 g/mol. The molecule has 1 aromatic heterocycles. The molecule has 0 fully saturated rings. The van der Waals surface area contributed by atoms with Crippen molar-refractivity contribution in [1.29, 1.82) is 0 Å². The third-order valence-electron chi connectivity index (χ3n) is 3.13. The molecule has 0 saturated heterocycles. The second kappa shape index (κ2) is 7.60. The number of nitrogens with zero attached hydrogens (tertiary/aromatic N) is 3. The van der Waals surface area contributed by atoms with Gasteiger partial charge in [0.05, 0.1) is 10.6 Å². The molecule has 1 aromatic carbocycles. The van der Waals surface area contributed by atoms with Crippen molar-refractivity contribution in [2.75, 3.05) is 25.1 Å². The fourth-order valence-corrected chi connectivity index (χ4v) is 1.99. The van der Waals surface area contributed by atoms with E-state index < -0.39 is 5.91 Å². The number of carbonyl (C=O) groups excluding carboxylic acids is 2. The molecule has 0 aliphatic rings. The van der Waals surface area contributed by atoms with Crippen LogP contribution in [0.4, 0.5) is 16.3 Å². The van der Waals surface area contributed by atoms with Gasteiger partial charge in [-0.05, 0) is 18.2 Å². The molecule has 24 heavy (non-hydrogen) atoms. The monoisotopic (exact) mass is 348 g/mol. The van der Waals surface area contributed by atoms with Crippen LogP contribution in [0.5, 0.6) is 0 Å². The smallest absolute Gasteiger partial charge is 0.321 e. The van der Waals surface area contributed by atoms with E-state index in [0.29, 0.717) is 17.1 Å². The van der Waals surface area contributed by atoms with Gasteiger partial charge in [0, 0.05) is 38.1 Å². The molecule has 4 N–H and O–H groups in total. The van der Waals surface area contributed by atoms with Gasteiger partial charge in [-0.2, -0.15) is 0 Å². The molecule has 126 valence electrons. The lowest BCUT2D eigenvalue weighted by atomic mass is 10.1. The van der Waals surface area contributed by atoms with Crippen LogP contribution in [0.2, 0.25) is 5.02 Å². The molecule has 0 aliphatic carbocycles. The number of carbonyl (C=O) groups is 2. The van der Waals surface area contributed by atoms with E-state index in [9.17, 15) is 9.59 Å². The molecule has 3 amide bonds. The first kappa shape index (κ1) is 17.5. The van der Waals surface area contributed by atoms with Gasteiger partial charge in [-0.1, -0.05) is 11.6 Å². The van der Waals surface area contributed by atoms with Crippen molar-refractivity contribution in [3.63, 3.8) is 0 Å². The van der Waals surface area contributed by atoms with Gasteiger partial charge in [0.25, 0.3) is 5.91 Å². The summed E-state index contributed by atoms with van der Waals surface area (Å²) in [7, 11) is 3.23. The number of benzene rings is 1. The Morgan fingerprint density at radius 3 is 2.75 bits per heavy atom. The number of rotatable bonds is 4. The van der Waals surface area contributed by atoms with Crippen molar-refractivity contribution in [2.24, 2.45) is 0 Å². The Kier molecular flexibility index (Phi) is 5.54. The van der Waals surface area contributed by atoms with Crippen LogP contribution in [0.3, 0.4) is 0 Å². The van der Waals surface area contributed by atoms with Crippen molar-refractivity contribution in [3.8, 4) is 0 Å². The zero-order valence-corrected chi connectivity index (χ0v) is 14.0. The van der Waals surface area contributed by atoms with Crippen molar-refractivity contribution in [3.05, 3.63) is 46.9 Å². The molecule has 1 heterocycles. The van der Waals surface area contributed by atoms with Gasteiger partial charge in [-0.25, -0.2) is 14.8 Å². The zero-order valence-electron chi connectivity index (χ0n) is 13.2. The van der Waals surface area contributed by atoms with Gasteiger partial charge in [-0.15, -0.1) is 0 Å². The average Bonchev–Trinajstić information content (AvgIpc) is 2.55. The molecule has 8 nitrogen and oxygen atoms in total. The van der Waals surface area contributed by atoms with Gasteiger partial charge >= 0.3 is 6.03 Å². The minimum atomic E-state index is -0.399. The Labute approximate surface area is 144 Å². The molecule has 2 rings (SSSR count). The van der Waals surface area contributed by atoms with E-state index in [1.54, 1.807) is 26.2 Å². The third-order valence-corrected chi connectivity index (χ3v) is 3.46. The Morgan fingerprint density at radius 1 is 1.33 bits per heavy atom. The first-order valence-corrected chi connectivity index (χ1v) is 7.36. The van der Waals surface area contributed by atoms with Crippen LogP contribution in [0, 0.1) is 0 Å². The largest absolute Gasteiger partial charge is 0.383 e. The number of nitrogen functional groups attached to an aromatic ring is 1. The first-order valence-electron chi connectivity index (χ1n) is 6.99. The van der Waals surface area contributed by atoms with Gasteiger partial charge in [-0.3, -0.25) is 4.79 Å². The second-order valence-electron chi connectivity index (χ2n) is 5.14. The van der Waals surface area contributed by atoms with E-state index in [0.717, 1.165) is 0 Å². The summed E-state index contributed by atoms with van der Waals surface area (Å²) in [5, 5.41) is 5.62. The molecule has 0 radical (unpaired) electrons. The highest BCUT2D eigenvalue weighted by Crippen LogP contribution is 2.21. The molecular formula is C15H17ClN6O2. The van der Waals surface area contributed by atoms with Crippen LogP contribution in [0.25, 0.3) is 0 Å². The summed E-state index contributed by atoms with van der Waals surface area (Å²) in [4.78, 5) is 33.1. The number of nitrogens with one attached hydrogen (secondary N) is 2. The van der Waals surface area contributed by atoms with Crippen molar-refractivity contribution in [2.45, 2.75) is 6.54 Å². The van der Waals surface area contributed by atoms with Crippen LogP contribution in [0.1, 0.15) is 15.9 Å². The summed E-state index contributed by atoms with van der Waals surface area (Å²) in [6.07, 6.45) is 2.85. The number of aromatic nitrogens is 2. The van der Waals surface area contributed by atoms with Crippen LogP contribution in [-0.4, -0.2) is 40.9 Å². The Hall–Kier alpha value is -2.87. The number of hydrogen-bond donors (Lipinski definition) is 3. The Balaban J connectivity index is 2.11. The molecule has 0 unspecified atom stereocenters. The lowest BCUT2D eigenvalue weighted by Gasteiger charge is -2.13. The second-order valence-corrected chi connectivity index (χ2v) is 5.54. The highest BCUT2D eigenvalue weighted by Gasteiger charge is 2.13. The summed E-state index contributed by atoms with van der Waals surface area (Å²) >= 11 is 6.07. The first-order chi connectivity index (χ1) is 11.4. The summed E-state index contributed by atoms with van der Waals surface area (Å²) in [6.45, 7) is 0.163. The maximum Gasteiger partial charge on any atom is 0.321 e. The fourth-order valence-electron chi connectivity index (χ4n) is 1.79. The highest BCUT2D eigenvalue weighted by molar-refractivity contribution is 6.34. The van der Waals surface area contributed by atoms with Gasteiger partial charge < -0.3 is 21.3 Å². The molecule has 0 spiro atoms. The normalized spacial score (nSPS) is 10.1. The molecule has 0 bridgehead atoms. The van der Waals surface area contributed by atoms with E-state index >= 15 is 0 Å². The molecular weight excluding hydrogens is 332 g/mol. The van der Waals surface area contributed by atoms with Crippen molar-refractivity contribution >= 4 is 35.0 Å².